The van der Waals surface area contributed by atoms with Gasteiger partial charge in [0.05, 0.1) is 31.2 Å². The summed E-state index contributed by atoms with van der Waals surface area (Å²) in [5.41, 5.74) is 0.666. The van der Waals surface area contributed by atoms with E-state index in [4.69, 9.17) is 4.74 Å². The largest absolute Gasteiger partial charge is 1.00 e. The molecule has 2 aromatic carbocycles. The van der Waals surface area contributed by atoms with Crippen LogP contribution in [-0.2, 0) is 4.74 Å². The topological polar surface area (TPSA) is 26.3 Å². The van der Waals surface area contributed by atoms with Crippen LogP contribution in [0.3, 0.4) is 0 Å². The highest BCUT2D eigenvalue weighted by molar-refractivity contribution is 5.95. The lowest BCUT2D eigenvalue weighted by Crippen LogP contribution is -3.00. The van der Waals surface area contributed by atoms with E-state index in [0.717, 1.165) is 23.6 Å². The van der Waals surface area contributed by atoms with Crippen LogP contribution in [0.4, 0.5) is 0 Å². The summed E-state index contributed by atoms with van der Waals surface area (Å²) < 4.78 is 7.07. The number of esters is 1. The predicted octanol–water partition coefficient (Wildman–Crippen LogP) is 1.16. The molecule has 2 unspecified atom stereocenters. The van der Waals surface area contributed by atoms with Crippen molar-refractivity contribution in [3.63, 3.8) is 0 Å². The van der Waals surface area contributed by atoms with Crippen molar-refractivity contribution in [1.82, 2.24) is 0 Å². The Balaban J connectivity index is 0.00000182. The summed E-state index contributed by atoms with van der Waals surface area (Å²) in [7, 11) is 2.38. The standard InChI is InChI=1S/C21H26NO2.ClH/c1-3-22(2)18-10-11-19(22)14-20(13-18)24-21(23)17-9-8-15-6-4-5-7-16(15)12-17;/h4-9,12,18-20H,3,10-11,13-14H2,1-2H3;1H/q+1;/p-1. The van der Waals surface area contributed by atoms with Crippen LogP contribution in [0.1, 0.15) is 43.0 Å². The normalized spacial score (nSPS) is 30.7. The number of ether oxygens (including phenoxy) is 1. The van der Waals surface area contributed by atoms with E-state index in [1.165, 1.54) is 23.9 Å². The number of halogens is 1. The van der Waals surface area contributed by atoms with Gasteiger partial charge in [0, 0.05) is 25.7 Å². The van der Waals surface area contributed by atoms with Gasteiger partial charge < -0.3 is 21.6 Å². The maximum Gasteiger partial charge on any atom is 0.338 e. The van der Waals surface area contributed by atoms with E-state index in [1.54, 1.807) is 0 Å². The zero-order valence-corrected chi connectivity index (χ0v) is 15.7. The minimum Gasteiger partial charge on any atom is -1.00 e. The van der Waals surface area contributed by atoms with E-state index in [1.807, 2.05) is 36.4 Å². The van der Waals surface area contributed by atoms with Gasteiger partial charge in [-0.15, -0.1) is 0 Å². The molecular weight excluding hydrogens is 334 g/mol. The molecule has 4 heteroatoms. The van der Waals surface area contributed by atoms with Crippen LogP contribution in [0.2, 0.25) is 0 Å². The van der Waals surface area contributed by atoms with Gasteiger partial charge in [-0.25, -0.2) is 4.79 Å². The third kappa shape index (κ3) is 3.16. The Kier molecular flexibility index (Phi) is 5.08. The molecule has 134 valence electrons. The Morgan fingerprint density at radius 1 is 1.08 bits per heavy atom. The van der Waals surface area contributed by atoms with Gasteiger partial charge >= 0.3 is 5.97 Å². The first-order chi connectivity index (χ1) is 11.6. The van der Waals surface area contributed by atoms with E-state index in [-0.39, 0.29) is 24.5 Å². The van der Waals surface area contributed by atoms with E-state index < -0.39 is 0 Å². The Morgan fingerprint density at radius 2 is 1.72 bits per heavy atom. The molecule has 0 spiro atoms. The minimum atomic E-state index is -0.169. The fraction of sp³-hybridized carbons (Fsp3) is 0.476. The molecule has 0 amide bonds. The minimum absolute atomic E-state index is 0. The summed E-state index contributed by atoms with van der Waals surface area (Å²) in [6, 6.07) is 15.3. The number of carbonyl (C=O) groups excluding carboxylic acids is 1. The number of hydrogen-bond donors (Lipinski definition) is 0. The molecule has 2 aliphatic rings. The maximum atomic E-state index is 12.6. The highest BCUT2D eigenvalue weighted by atomic mass is 35.5. The number of nitrogens with zero attached hydrogens (tertiary/aromatic N) is 1. The number of rotatable bonds is 3. The van der Waals surface area contributed by atoms with E-state index in [0.29, 0.717) is 17.6 Å². The van der Waals surface area contributed by atoms with Crippen molar-refractivity contribution >= 4 is 16.7 Å². The van der Waals surface area contributed by atoms with Crippen molar-refractivity contribution in [1.29, 1.82) is 0 Å². The van der Waals surface area contributed by atoms with E-state index in [9.17, 15) is 4.79 Å². The summed E-state index contributed by atoms with van der Waals surface area (Å²) in [6.07, 6.45) is 4.66. The Hall–Kier alpha value is -1.58. The van der Waals surface area contributed by atoms with Crippen LogP contribution in [0.5, 0.6) is 0 Å². The molecule has 0 radical (unpaired) electrons. The number of quaternary nitrogens is 1. The molecule has 2 fully saturated rings. The quantitative estimate of drug-likeness (QED) is 0.607. The van der Waals surface area contributed by atoms with Gasteiger partial charge in [0.2, 0.25) is 0 Å². The molecular formula is C21H26ClNO2. The first-order valence-electron chi connectivity index (χ1n) is 9.15. The average molecular weight is 360 g/mol. The Bertz CT molecular complexity index is 761. The second-order valence-corrected chi connectivity index (χ2v) is 7.61. The molecule has 2 heterocycles. The van der Waals surface area contributed by atoms with Crippen molar-refractivity contribution in [2.24, 2.45) is 0 Å². The molecule has 0 aromatic heterocycles. The number of piperidine rings is 1. The first kappa shape index (κ1) is 18.2. The van der Waals surface area contributed by atoms with Crippen molar-refractivity contribution in [2.75, 3.05) is 13.6 Å². The van der Waals surface area contributed by atoms with E-state index in [2.05, 4.69) is 20.0 Å². The van der Waals surface area contributed by atoms with Crippen molar-refractivity contribution in [3.8, 4) is 0 Å². The monoisotopic (exact) mass is 359 g/mol. The van der Waals surface area contributed by atoms with Crippen LogP contribution in [-0.4, -0.2) is 42.2 Å². The fourth-order valence-corrected chi connectivity index (χ4v) is 4.84. The van der Waals surface area contributed by atoms with Gasteiger partial charge in [-0.2, -0.15) is 0 Å². The second kappa shape index (κ2) is 6.97. The molecule has 2 aliphatic heterocycles. The Labute approximate surface area is 156 Å². The first-order valence-corrected chi connectivity index (χ1v) is 9.15. The van der Waals surface area contributed by atoms with Crippen LogP contribution < -0.4 is 12.4 Å². The van der Waals surface area contributed by atoms with Gasteiger partial charge in [0.25, 0.3) is 0 Å². The third-order valence-corrected chi connectivity index (χ3v) is 6.51. The lowest BCUT2D eigenvalue weighted by molar-refractivity contribution is -0.947. The second-order valence-electron chi connectivity index (χ2n) is 7.61. The van der Waals surface area contributed by atoms with Crippen LogP contribution in [0, 0.1) is 0 Å². The summed E-state index contributed by atoms with van der Waals surface area (Å²) in [5.74, 6) is -0.169. The molecule has 0 N–H and O–H groups in total. The molecule has 2 aromatic rings. The summed E-state index contributed by atoms with van der Waals surface area (Å²) in [5, 5.41) is 2.24. The zero-order valence-electron chi connectivity index (χ0n) is 15.0. The third-order valence-electron chi connectivity index (χ3n) is 6.51. The number of carbonyl (C=O) groups is 1. The van der Waals surface area contributed by atoms with Gasteiger partial charge in [-0.3, -0.25) is 0 Å². The Morgan fingerprint density at radius 3 is 2.36 bits per heavy atom. The predicted molar refractivity (Wildman–Crippen MR) is 95.9 cm³/mol. The number of benzene rings is 2. The lowest BCUT2D eigenvalue weighted by Gasteiger charge is -2.46. The van der Waals surface area contributed by atoms with Crippen molar-refractivity contribution < 1.29 is 26.4 Å². The molecule has 25 heavy (non-hydrogen) atoms. The molecule has 0 aliphatic carbocycles. The zero-order chi connectivity index (χ0) is 16.7. The summed E-state index contributed by atoms with van der Waals surface area (Å²) in [6.45, 7) is 3.47. The van der Waals surface area contributed by atoms with Gasteiger partial charge in [0.1, 0.15) is 6.10 Å². The average Bonchev–Trinajstić information content (AvgIpc) is 2.78. The molecule has 2 bridgehead atoms. The number of hydrogen-bond acceptors (Lipinski definition) is 2. The summed E-state index contributed by atoms with van der Waals surface area (Å²) >= 11 is 0. The number of fused-ring (bicyclic) bond motifs is 3. The molecule has 4 rings (SSSR count). The summed E-state index contributed by atoms with van der Waals surface area (Å²) in [4.78, 5) is 12.6. The highest BCUT2D eigenvalue weighted by Crippen LogP contribution is 2.42. The molecule has 0 saturated carbocycles. The van der Waals surface area contributed by atoms with Gasteiger partial charge in [-0.05, 0) is 29.8 Å². The van der Waals surface area contributed by atoms with E-state index >= 15 is 0 Å². The van der Waals surface area contributed by atoms with Crippen molar-refractivity contribution in [2.45, 2.75) is 50.8 Å². The SMILES string of the molecule is CC[N+]1(C)C2CCC1CC(OC(=O)c1ccc3ccccc3c1)C2.[Cl-]. The highest BCUT2D eigenvalue weighted by Gasteiger charge is 2.51. The lowest BCUT2D eigenvalue weighted by atomic mass is 9.96. The smallest absolute Gasteiger partial charge is 0.338 e. The molecule has 2 atom stereocenters. The van der Waals surface area contributed by atoms with Crippen LogP contribution >= 0.6 is 0 Å². The van der Waals surface area contributed by atoms with Gasteiger partial charge in [-0.1, -0.05) is 30.3 Å². The molecule has 2 saturated heterocycles. The molecule has 3 nitrogen and oxygen atoms in total. The fourth-order valence-electron chi connectivity index (χ4n) is 4.84. The van der Waals surface area contributed by atoms with Crippen molar-refractivity contribution in [3.05, 3.63) is 48.0 Å². The maximum absolute atomic E-state index is 12.6. The van der Waals surface area contributed by atoms with Crippen LogP contribution in [0.25, 0.3) is 10.8 Å². The van der Waals surface area contributed by atoms with Gasteiger partial charge in [0.15, 0.2) is 0 Å². The van der Waals surface area contributed by atoms with Crippen LogP contribution in [0.15, 0.2) is 42.5 Å².